The Bertz CT molecular complexity index is 1080. The summed E-state index contributed by atoms with van der Waals surface area (Å²) in [4.78, 5) is 9.62. The van der Waals surface area contributed by atoms with Crippen LogP contribution in [0.5, 0.6) is 5.88 Å². The van der Waals surface area contributed by atoms with Gasteiger partial charge in [-0.15, -0.1) is 11.3 Å². The van der Waals surface area contributed by atoms with E-state index < -0.39 is 0 Å². The van der Waals surface area contributed by atoms with Gasteiger partial charge in [0.1, 0.15) is 17.8 Å². The molecule has 6 heteroatoms. The van der Waals surface area contributed by atoms with Crippen molar-refractivity contribution >= 4 is 44.8 Å². The van der Waals surface area contributed by atoms with Gasteiger partial charge in [-0.25, -0.2) is 9.97 Å². The smallest absolute Gasteiger partial charge is 0.226 e. The number of aromatic nitrogens is 2. The molecular formula is C20H14Cl2N2OS. The summed E-state index contributed by atoms with van der Waals surface area (Å²) in [6.45, 7) is 2.38. The molecule has 0 amide bonds. The predicted octanol–water partition coefficient (Wildman–Crippen LogP) is 6.55. The minimum atomic E-state index is 0.311. The largest absolute Gasteiger partial charge is 0.472 e. The van der Waals surface area contributed by atoms with Crippen LogP contribution in [-0.4, -0.2) is 9.97 Å². The molecule has 0 fully saturated rings. The quantitative estimate of drug-likeness (QED) is 0.389. The number of aryl methyl sites for hydroxylation is 1. The molecule has 0 aliphatic heterocycles. The predicted molar refractivity (Wildman–Crippen MR) is 108 cm³/mol. The Hall–Kier alpha value is -2.14. The second-order valence-electron chi connectivity index (χ2n) is 5.90. The number of hydrogen-bond donors (Lipinski definition) is 0. The lowest BCUT2D eigenvalue weighted by Gasteiger charge is -2.09. The van der Waals surface area contributed by atoms with E-state index in [0.29, 0.717) is 22.5 Å². The lowest BCUT2D eigenvalue weighted by Crippen LogP contribution is -1.99. The maximum atomic E-state index is 6.24. The molecule has 0 radical (unpaired) electrons. The van der Waals surface area contributed by atoms with Crippen LogP contribution in [0.4, 0.5) is 0 Å². The fraction of sp³-hybridized carbons (Fsp3) is 0.100. The summed E-state index contributed by atoms with van der Waals surface area (Å²) in [7, 11) is 0. The van der Waals surface area contributed by atoms with Gasteiger partial charge in [0.15, 0.2) is 0 Å². The SMILES string of the molecule is Cc1ccc(-c2csc3ncnc(OCc4ccc(Cl)cc4Cl)c23)cc1. The van der Waals surface area contributed by atoms with Gasteiger partial charge in [-0.05, 0) is 24.6 Å². The zero-order valence-corrected chi connectivity index (χ0v) is 16.2. The highest BCUT2D eigenvalue weighted by Crippen LogP contribution is 2.38. The fourth-order valence-corrected chi connectivity index (χ4v) is 4.06. The van der Waals surface area contributed by atoms with E-state index in [9.17, 15) is 0 Å². The van der Waals surface area contributed by atoms with E-state index in [1.54, 1.807) is 23.5 Å². The van der Waals surface area contributed by atoms with E-state index in [1.165, 1.54) is 11.9 Å². The summed E-state index contributed by atoms with van der Waals surface area (Å²) in [6, 6.07) is 13.8. The van der Waals surface area contributed by atoms with Gasteiger partial charge in [-0.3, -0.25) is 0 Å². The number of fused-ring (bicyclic) bond motifs is 1. The first-order valence-corrected chi connectivity index (χ1v) is 9.61. The van der Waals surface area contributed by atoms with E-state index in [0.717, 1.165) is 26.9 Å². The molecule has 0 saturated heterocycles. The first-order valence-electron chi connectivity index (χ1n) is 7.98. The van der Waals surface area contributed by atoms with E-state index in [1.807, 2.05) is 6.07 Å². The van der Waals surface area contributed by atoms with Crippen LogP contribution in [0, 0.1) is 6.92 Å². The van der Waals surface area contributed by atoms with E-state index in [4.69, 9.17) is 27.9 Å². The normalized spacial score (nSPS) is 11.0. The molecule has 2 aromatic heterocycles. The molecule has 0 bridgehead atoms. The number of hydrogen-bond acceptors (Lipinski definition) is 4. The van der Waals surface area contributed by atoms with Crippen molar-refractivity contribution in [1.29, 1.82) is 0 Å². The van der Waals surface area contributed by atoms with E-state index >= 15 is 0 Å². The number of benzene rings is 2. The lowest BCUT2D eigenvalue weighted by atomic mass is 10.0. The Kier molecular flexibility index (Phi) is 4.81. The number of nitrogens with zero attached hydrogens (tertiary/aromatic N) is 2. The number of halogens is 2. The van der Waals surface area contributed by atoms with Crippen LogP contribution in [0.15, 0.2) is 54.2 Å². The zero-order valence-electron chi connectivity index (χ0n) is 13.9. The fourth-order valence-electron chi connectivity index (χ4n) is 2.69. The van der Waals surface area contributed by atoms with Gasteiger partial charge in [0.2, 0.25) is 5.88 Å². The molecule has 130 valence electrons. The minimum Gasteiger partial charge on any atom is -0.472 e. The summed E-state index contributed by atoms with van der Waals surface area (Å²) >= 11 is 13.8. The molecule has 0 aliphatic rings. The Morgan fingerprint density at radius 2 is 1.85 bits per heavy atom. The average Bonchev–Trinajstić information content (AvgIpc) is 3.06. The molecule has 0 unspecified atom stereocenters. The van der Waals surface area contributed by atoms with Crippen molar-refractivity contribution in [2.75, 3.05) is 0 Å². The van der Waals surface area contributed by atoms with Gasteiger partial charge in [0, 0.05) is 26.6 Å². The first kappa shape index (κ1) is 17.3. The van der Waals surface area contributed by atoms with Gasteiger partial charge in [-0.1, -0.05) is 59.1 Å². The highest BCUT2D eigenvalue weighted by molar-refractivity contribution is 7.17. The van der Waals surface area contributed by atoms with Crippen LogP contribution in [0.1, 0.15) is 11.1 Å². The van der Waals surface area contributed by atoms with Gasteiger partial charge in [0.05, 0.1) is 5.39 Å². The number of thiophene rings is 1. The monoisotopic (exact) mass is 400 g/mol. The molecule has 2 heterocycles. The van der Waals surface area contributed by atoms with Crippen molar-refractivity contribution in [2.24, 2.45) is 0 Å². The maximum absolute atomic E-state index is 6.24. The molecule has 0 atom stereocenters. The Morgan fingerprint density at radius 3 is 2.62 bits per heavy atom. The summed E-state index contributed by atoms with van der Waals surface area (Å²) in [5.41, 5.74) is 4.27. The second-order valence-corrected chi connectivity index (χ2v) is 7.60. The second kappa shape index (κ2) is 7.23. The molecular weight excluding hydrogens is 387 g/mol. The van der Waals surface area contributed by atoms with Crippen molar-refractivity contribution in [3.05, 3.63) is 75.3 Å². The molecule has 0 saturated carbocycles. The summed E-state index contributed by atoms with van der Waals surface area (Å²) in [5, 5.41) is 4.19. The summed E-state index contributed by atoms with van der Waals surface area (Å²) in [6.07, 6.45) is 1.52. The standard InChI is InChI=1S/C20H14Cl2N2OS/c1-12-2-4-13(5-3-12)16-10-26-20-18(16)19(23-11-24-20)25-9-14-6-7-15(21)8-17(14)22/h2-8,10-11H,9H2,1H3. The number of ether oxygens (including phenoxy) is 1. The first-order chi connectivity index (χ1) is 12.6. The van der Waals surface area contributed by atoms with Crippen molar-refractivity contribution in [2.45, 2.75) is 13.5 Å². The average molecular weight is 401 g/mol. The third kappa shape index (κ3) is 3.40. The molecule has 0 spiro atoms. The minimum absolute atomic E-state index is 0.311. The van der Waals surface area contributed by atoms with Gasteiger partial charge in [-0.2, -0.15) is 0 Å². The Morgan fingerprint density at radius 1 is 1.04 bits per heavy atom. The molecule has 4 rings (SSSR count). The topological polar surface area (TPSA) is 35.0 Å². The Labute approximate surface area is 165 Å². The van der Waals surface area contributed by atoms with Crippen LogP contribution in [0.2, 0.25) is 10.0 Å². The van der Waals surface area contributed by atoms with Crippen LogP contribution in [0.3, 0.4) is 0 Å². The van der Waals surface area contributed by atoms with Crippen molar-refractivity contribution < 1.29 is 4.74 Å². The van der Waals surface area contributed by atoms with Crippen molar-refractivity contribution in [3.8, 4) is 17.0 Å². The number of rotatable bonds is 4. The molecule has 3 nitrogen and oxygen atoms in total. The van der Waals surface area contributed by atoms with Crippen LogP contribution < -0.4 is 4.74 Å². The Balaban J connectivity index is 1.71. The molecule has 2 aromatic carbocycles. The van der Waals surface area contributed by atoms with Gasteiger partial charge >= 0.3 is 0 Å². The van der Waals surface area contributed by atoms with E-state index in [2.05, 4.69) is 46.5 Å². The van der Waals surface area contributed by atoms with Gasteiger partial charge < -0.3 is 4.74 Å². The molecule has 0 aliphatic carbocycles. The summed E-state index contributed by atoms with van der Waals surface area (Å²) < 4.78 is 6.00. The zero-order chi connectivity index (χ0) is 18.1. The highest BCUT2D eigenvalue weighted by Gasteiger charge is 2.14. The lowest BCUT2D eigenvalue weighted by molar-refractivity contribution is 0.298. The van der Waals surface area contributed by atoms with Crippen LogP contribution in [0.25, 0.3) is 21.3 Å². The van der Waals surface area contributed by atoms with Crippen molar-refractivity contribution in [1.82, 2.24) is 9.97 Å². The molecule has 26 heavy (non-hydrogen) atoms. The van der Waals surface area contributed by atoms with Crippen LogP contribution >= 0.6 is 34.5 Å². The van der Waals surface area contributed by atoms with Crippen LogP contribution in [-0.2, 0) is 6.61 Å². The van der Waals surface area contributed by atoms with E-state index in [-0.39, 0.29) is 0 Å². The molecule has 0 N–H and O–H groups in total. The maximum Gasteiger partial charge on any atom is 0.226 e. The highest BCUT2D eigenvalue weighted by atomic mass is 35.5. The summed E-state index contributed by atoms with van der Waals surface area (Å²) in [5.74, 6) is 0.554. The molecule has 4 aromatic rings. The third-order valence-corrected chi connectivity index (χ3v) is 5.55. The third-order valence-electron chi connectivity index (χ3n) is 4.08. The van der Waals surface area contributed by atoms with Gasteiger partial charge in [0.25, 0.3) is 0 Å². The van der Waals surface area contributed by atoms with Crippen molar-refractivity contribution in [3.63, 3.8) is 0 Å².